The van der Waals surface area contributed by atoms with Crippen molar-refractivity contribution in [1.82, 2.24) is 4.90 Å². The van der Waals surface area contributed by atoms with Gasteiger partial charge in [0, 0.05) is 31.7 Å². The smallest absolute Gasteiger partial charge is 0.261 e. The third-order valence-electron chi connectivity index (χ3n) is 6.12. The lowest BCUT2D eigenvalue weighted by molar-refractivity contribution is -0.115. The van der Waals surface area contributed by atoms with Crippen LogP contribution < -0.4 is 10.2 Å². The molecule has 12 heteroatoms. The Bertz CT molecular complexity index is 1510. The number of nitrogens with one attached hydrogen (secondary N) is 1. The van der Waals surface area contributed by atoms with E-state index >= 15 is 0 Å². The van der Waals surface area contributed by atoms with Crippen molar-refractivity contribution in [2.24, 2.45) is 10.2 Å². The first kappa shape index (κ1) is 27.6. The van der Waals surface area contributed by atoms with Crippen LogP contribution in [-0.4, -0.2) is 48.5 Å². The molecule has 0 radical (unpaired) electrons. The molecule has 39 heavy (non-hydrogen) atoms. The zero-order valence-corrected chi connectivity index (χ0v) is 22.7. The third kappa shape index (κ3) is 5.57. The number of nitriles is 1. The Labute approximate surface area is 233 Å². The fourth-order valence-corrected chi connectivity index (χ4v) is 5.17. The molecule has 0 atom stereocenters. The number of hydrogen-bond donors (Lipinski definition) is 1. The average molecular weight is 563 g/mol. The molecular weight excluding hydrogens is 540 g/mol. The van der Waals surface area contributed by atoms with E-state index in [0.717, 1.165) is 17.0 Å². The van der Waals surface area contributed by atoms with Gasteiger partial charge >= 0.3 is 0 Å². The van der Waals surface area contributed by atoms with Crippen molar-refractivity contribution < 1.29 is 19.2 Å². The van der Waals surface area contributed by atoms with E-state index in [9.17, 15) is 24.4 Å². The highest BCUT2D eigenvalue weighted by atomic mass is 35.5. The maximum Gasteiger partial charge on any atom is 0.261 e. The SMILES string of the molecule is CCC(=O)Nc1cc(N(CC)CCN2C(=O)c3ccccc3C2=O)ccc1/N=N/c1sc(C=O)c(Cl)c1C#N. The second kappa shape index (κ2) is 12.0. The summed E-state index contributed by atoms with van der Waals surface area (Å²) in [6.45, 7) is 4.79. The van der Waals surface area contributed by atoms with Crippen LogP contribution in [0.1, 0.15) is 56.2 Å². The second-order valence-corrected chi connectivity index (χ2v) is 9.79. The Hall–Kier alpha value is -4.40. The Morgan fingerprint density at radius 1 is 1.15 bits per heavy atom. The number of rotatable bonds is 10. The predicted molar refractivity (Wildman–Crippen MR) is 149 cm³/mol. The topological polar surface area (TPSA) is 135 Å². The highest BCUT2D eigenvalue weighted by molar-refractivity contribution is 7.18. The lowest BCUT2D eigenvalue weighted by atomic mass is 10.1. The number of nitrogens with zero attached hydrogens (tertiary/aromatic N) is 5. The summed E-state index contributed by atoms with van der Waals surface area (Å²) < 4.78 is 0. The largest absolute Gasteiger partial charge is 0.370 e. The molecule has 0 fully saturated rings. The van der Waals surface area contributed by atoms with Gasteiger partial charge in [0.2, 0.25) is 5.91 Å². The van der Waals surface area contributed by atoms with E-state index in [1.807, 2.05) is 17.9 Å². The molecule has 1 aliphatic rings. The fraction of sp³-hybridized carbons (Fsp3) is 0.222. The highest BCUT2D eigenvalue weighted by Gasteiger charge is 2.35. The molecule has 0 saturated heterocycles. The second-order valence-electron chi connectivity index (χ2n) is 8.38. The monoisotopic (exact) mass is 562 g/mol. The molecule has 10 nitrogen and oxygen atoms in total. The molecule has 198 valence electrons. The van der Waals surface area contributed by atoms with Crippen molar-refractivity contribution >= 4 is 69.0 Å². The molecular formula is C27H23ClN6O4S. The molecule has 1 aromatic heterocycles. The number of likely N-dealkylation sites (N-methyl/N-ethyl adjacent to an activating group) is 1. The Balaban J connectivity index is 1.58. The average Bonchev–Trinajstić information content (AvgIpc) is 3.40. The van der Waals surface area contributed by atoms with Gasteiger partial charge in [-0.15, -0.1) is 21.6 Å². The highest BCUT2D eigenvalue weighted by Crippen LogP contribution is 2.39. The van der Waals surface area contributed by atoms with Gasteiger partial charge in [0.15, 0.2) is 11.3 Å². The number of hydrogen-bond acceptors (Lipinski definition) is 9. The maximum atomic E-state index is 12.7. The number of imide groups is 1. The van der Waals surface area contributed by atoms with Crippen LogP contribution in [0, 0.1) is 11.3 Å². The van der Waals surface area contributed by atoms with Gasteiger partial charge < -0.3 is 10.2 Å². The van der Waals surface area contributed by atoms with E-state index in [1.165, 1.54) is 4.90 Å². The first-order chi connectivity index (χ1) is 18.8. The number of azo groups is 1. The standard InChI is InChI=1S/C27H23ClN6O4S/c1-3-23(36)30-21-13-16(9-10-20(21)31-32-25-19(14-29)24(28)22(15-35)39-25)33(4-2)11-12-34-26(37)17-7-5-6-8-18(17)27(34)38/h5-10,13,15H,3-4,11-12H2,1-2H3,(H,30,36)/b32-31+. The van der Waals surface area contributed by atoms with Crippen molar-refractivity contribution in [2.75, 3.05) is 29.9 Å². The molecule has 2 heterocycles. The van der Waals surface area contributed by atoms with Crippen LogP contribution in [0.15, 0.2) is 52.7 Å². The van der Waals surface area contributed by atoms with Gasteiger partial charge in [0.25, 0.3) is 11.8 Å². The summed E-state index contributed by atoms with van der Waals surface area (Å²) in [4.78, 5) is 52.3. The first-order valence-corrected chi connectivity index (χ1v) is 13.3. The zero-order chi connectivity index (χ0) is 28.1. The molecule has 0 bridgehead atoms. The minimum Gasteiger partial charge on any atom is -0.370 e. The summed E-state index contributed by atoms with van der Waals surface area (Å²) in [6.07, 6.45) is 0.787. The van der Waals surface area contributed by atoms with Gasteiger partial charge in [0.1, 0.15) is 17.3 Å². The van der Waals surface area contributed by atoms with Crippen LogP contribution in [0.2, 0.25) is 5.02 Å². The summed E-state index contributed by atoms with van der Waals surface area (Å²) in [7, 11) is 0. The normalized spacial score (nSPS) is 12.5. The maximum absolute atomic E-state index is 12.7. The minimum atomic E-state index is -0.318. The summed E-state index contributed by atoms with van der Waals surface area (Å²) in [6, 6.07) is 13.9. The van der Waals surface area contributed by atoms with Crippen molar-refractivity contribution in [3.63, 3.8) is 0 Å². The summed E-state index contributed by atoms with van der Waals surface area (Å²) >= 11 is 7.01. The molecule has 4 rings (SSSR count). The van der Waals surface area contributed by atoms with Gasteiger partial charge in [-0.05, 0) is 37.3 Å². The lowest BCUT2D eigenvalue weighted by Gasteiger charge is -2.26. The number of carbonyl (C=O) groups excluding carboxylic acids is 4. The van der Waals surface area contributed by atoms with Crippen molar-refractivity contribution in [2.45, 2.75) is 20.3 Å². The number of carbonyl (C=O) groups is 4. The molecule has 0 spiro atoms. The number of halogens is 1. The number of benzene rings is 2. The van der Waals surface area contributed by atoms with Gasteiger partial charge in [-0.2, -0.15) is 5.26 Å². The van der Waals surface area contributed by atoms with Crippen LogP contribution in [0.25, 0.3) is 0 Å². The van der Waals surface area contributed by atoms with Gasteiger partial charge in [-0.25, -0.2) is 0 Å². The van der Waals surface area contributed by atoms with Crippen LogP contribution in [-0.2, 0) is 4.79 Å². The molecule has 0 unspecified atom stereocenters. The Kier molecular flexibility index (Phi) is 8.49. The summed E-state index contributed by atoms with van der Waals surface area (Å²) in [5.74, 6) is -0.874. The van der Waals surface area contributed by atoms with Crippen molar-refractivity contribution in [1.29, 1.82) is 5.26 Å². The number of aldehydes is 1. The van der Waals surface area contributed by atoms with Crippen LogP contribution in [0.4, 0.5) is 22.1 Å². The van der Waals surface area contributed by atoms with E-state index in [-0.39, 0.29) is 51.2 Å². The molecule has 1 aliphatic heterocycles. The number of amides is 3. The molecule has 3 aromatic rings. The molecule has 2 aromatic carbocycles. The van der Waals surface area contributed by atoms with Crippen LogP contribution in [0.3, 0.4) is 0 Å². The molecule has 0 aliphatic carbocycles. The van der Waals surface area contributed by atoms with E-state index in [1.54, 1.807) is 49.4 Å². The van der Waals surface area contributed by atoms with E-state index in [0.29, 0.717) is 41.9 Å². The third-order valence-corrected chi connectivity index (χ3v) is 7.62. The Morgan fingerprint density at radius 3 is 2.44 bits per heavy atom. The van der Waals surface area contributed by atoms with Crippen molar-refractivity contribution in [3.05, 3.63) is 69.1 Å². The predicted octanol–water partition coefficient (Wildman–Crippen LogP) is 5.97. The van der Waals surface area contributed by atoms with E-state index in [4.69, 9.17) is 11.6 Å². The molecule has 0 saturated carbocycles. The van der Waals surface area contributed by atoms with Crippen LogP contribution in [0.5, 0.6) is 0 Å². The van der Waals surface area contributed by atoms with Gasteiger partial charge in [-0.3, -0.25) is 24.1 Å². The van der Waals surface area contributed by atoms with Gasteiger partial charge in [0.05, 0.1) is 26.7 Å². The lowest BCUT2D eigenvalue weighted by Crippen LogP contribution is -2.38. The number of anilines is 2. The molecule has 1 N–H and O–H groups in total. The van der Waals surface area contributed by atoms with Crippen LogP contribution >= 0.6 is 22.9 Å². The van der Waals surface area contributed by atoms with E-state index < -0.39 is 0 Å². The molecule has 3 amide bonds. The quantitative estimate of drug-likeness (QED) is 0.184. The minimum absolute atomic E-state index is 0.0259. The Morgan fingerprint density at radius 2 is 1.85 bits per heavy atom. The van der Waals surface area contributed by atoms with Crippen molar-refractivity contribution in [3.8, 4) is 6.07 Å². The van der Waals surface area contributed by atoms with E-state index in [2.05, 4.69) is 15.5 Å². The summed E-state index contributed by atoms with van der Waals surface area (Å²) in [5.41, 5.74) is 2.30. The van der Waals surface area contributed by atoms with Gasteiger partial charge in [-0.1, -0.05) is 30.7 Å². The first-order valence-electron chi connectivity index (χ1n) is 12.1. The zero-order valence-electron chi connectivity index (χ0n) is 21.1. The number of thiophene rings is 1. The number of fused-ring (bicyclic) bond motifs is 1. The summed E-state index contributed by atoms with van der Waals surface area (Å²) in [5, 5.41) is 20.8. The fourth-order valence-electron chi connectivity index (χ4n) is 4.04.